The molecule has 2 amide bonds. The molecule has 0 fully saturated rings. The molecule has 0 spiro atoms. The van der Waals surface area contributed by atoms with Gasteiger partial charge in [-0.2, -0.15) is 0 Å². The second-order valence-corrected chi connectivity index (χ2v) is 9.37. The zero-order chi connectivity index (χ0) is 26.8. The Morgan fingerprint density at radius 1 is 1.03 bits per heavy atom. The van der Waals surface area contributed by atoms with Crippen LogP contribution in [0.2, 0.25) is 0 Å². The summed E-state index contributed by atoms with van der Waals surface area (Å²) in [5.74, 6) is -1.21. The predicted octanol–water partition coefficient (Wildman–Crippen LogP) is 5.05. The Morgan fingerprint density at radius 3 is 2.47 bits per heavy atom. The monoisotopic (exact) mass is 511 g/mol. The maximum atomic E-state index is 13.3. The number of hydrogen-bond acceptors (Lipinski definition) is 5. The number of fused-ring (bicyclic) bond motifs is 1. The van der Waals surface area contributed by atoms with Crippen molar-refractivity contribution in [1.82, 2.24) is 14.9 Å². The van der Waals surface area contributed by atoms with Gasteiger partial charge in [0.2, 0.25) is 5.91 Å². The average molecular weight is 512 g/mol. The molecule has 0 bridgehead atoms. The first kappa shape index (κ1) is 24.9. The summed E-state index contributed by atoms with van der Waals surface area (Å²) in [5.41, 5.74) is 4.24. The zero-order valence-corrected chi connectivity index (χ0v) is 20.9. The third kappa shape index (κ3) is 5.04. The lowest BCUT2D eigenvalue weighted by Crippen LogP contribution is -2.35. The molecule has 4 aromatic rings. The highest BCUT2D eigenvalue weighted by atomic mass is 19.1. The molecule has 1 unspecified atom stereocenters. The number of pyridine rings is 1. The molecular formula is C29H26FN5O3. The van der Waals surface area contributed by atoms with E-state index in [1.807, 2.05) is 30.3 Å². The van der Waals surface area contributed by atoms with Crippen molar-refractivity contribution in [2.75, 3.05) is 24.7 Å². The number of carbonyl (C=O) groups is 3. The molecule has 2 aromatic carbocycles. The van der Waals surface area contributed by atoms with E-state index in [9.17, 15) is 18.8 Å². The van der Waals surface area contributed by atoms with Crippen molar-refractivity contribution in [2.45, 2.75) is 12.8 Å². The summed E-state index contributed by atoms with van der Waals surface area (Å²) in [5, 5.41) is 6.12. The molecule has 0 saturated carbocycles. The minimum Gasteiger partial charge on any atom is -0.356 e. The van der Waals surface area contributed by atoms with E-state index in [0.717, 1.165) is 5.69 Å². The number of Topliss-reactive ketones (excluding diaryl/α,β-unsaturated/α-hetero) is 1. The lowest BCUT2D eigenvalue weighted by atomic mass is 9.85. The molecule has 192 valence electrons. The van der Waals surface area contributed by atoms with Gasteiger partial charge in [0.15, 0.2) is 5.78 Å². The number of benzene rings is 2. The average Bonchev–Trinajstić information content (AvgIpc) is 3.28. The Kier molecular flexibility index (Phi) is 6.74. The number of aromatic amines is 1. The standard InChI is InChI=1S/C29H26FN5O3/c1-35(2)29(38)19-14-22-25(23(36)15-19)27(32-21-6-4-3-5-7-21)26(33-22)18-12-13-31-24(16-18)34-28(37)17-8-10-20(30)11-9-17/h3-13,16,19,32-33H,14-15H2,1-2H3,(H,31,34,37). The van der Waals surface area contributed by atoms with Gasteiger partial charge < -0.3 is 20.5 Å². The smallest absolute Gasteiger partial charge is 0.256 e. The van der Waals surface area contributed by atoms with Crippen molar-refractivity contribution >= 4 is 34.8 Å². The van der Waals surface area contributed by atoms with Crippen LogP contribution in [0.3, 0.4) is 0 Å². The normalized spacial score (nSPS) is 14.5. The van der Waals surface area contributed by atoms with Crippen LogP contribution in [0.1, 0.15) is 32.8 Å². The SMILES string of the molecule is CN(C)C(=O)C1CC(=O)c2c([nH]c(-c3ccnc(NC(=O)c4ccc(F)cc4)c3)c2Nc2ccccc2)C1. The number of nitrogens with one attached hydrogen (secondary N) is 3. The van der Waals surface area contributed by atoms with E-state index in [0.29, 0.717) is 46.0 Å². The number of amides is 2. The largest absolute Gasteiger partial charge is 0.356 e. The van der Waals surface area contributed by atoms with Crippen LogP contribution >= 0.6 is 0 Å². The van der Waals surface area contributed by atoms with Crippen molar-refractivity contribution in [3.63, 3.8) is 0 Å². The number of para-hydroxylation sites is 1. The lowest BCUT2D eigenvalue weighted by Gasteiger charge is -2.24. The summed E-state index contributed by atoms with van der Waals surface area (Å²) in [7, 11) is 3.37. The van der Waals surface area contributed by atoms with Gasteiger partial charge in [-0.3, -0.25) is 14.4 Å². The number of ketones is 1. The van der Waals surface area contributed by atoms with Gasteiger partial charge in [0.1, 0.15) is 11.6 Å². The van der Waals surface area contributed by atoms with Crippen LogP contribution in [0, 0.1) is 11.7 Å². The first-order chi connectivity index (χ1) is 18.3. The zero-order valence-electron chi connectivity index (χ0n) is 20.9. The van der Waals surface area contributed by atoms with Crippen LogP contribution in [-0.4, -0.2) is 46.6 Å². The predicted molar refractivity (Wildman–Crippen MR) is 143 cm³/mol. The van der Waals surface area contributed by atoms with Gasteiger partial charge in [0.05, 0.1) is 22.9 Å². The topological polar surface area (TPSA) is 107 Å². The van der Waals surface area contributed by atoms with E-state index >= 15 is 0 Å². The molecule has 2 heterocycles. The highest BCUT2D eigenvalue weighted by molar-refractivity contribution is 6.09. The molecule has 5 rings (SSSR count). The summed E-state index contributed by atoms with van der Waals surface area (Å²) in [4.78, 5) is 47.8. The van der Waals surface area contributed by atoms with Gasteiger partial charge in [-0.25, -0.2) is 9.37 Å². The lowest BCUT2D eigenvalue weighted by molar-refractivity contribution is -0.133. The van der Waals surface area contributed by atoms with Crippen LogP contribution in [0.15, 0.2) is 72.9 Å². The molecule has 0 aliphatic heterocycles. The van der Waals surface area contributed by atoms with E-state index in [1.165, 1.54) is 29.2 Å². The van der Waals surface area contributed by atoms with Crippen molar-refractivity contribution in [1.29, 1.82) is 0 Å². The summed E-state index contributed by atoms with van der Waals surface area (Å²) >= 11 is 0. The molecule has 9 heteroatoms. The number of aromatic nitrogens is 2. The number of carbonyl (C=O) groups excluding carboxylic acids is 3. The quantitative estimate of drug-likeness (QED) is 0.336. The molecule has 1 aliphatic carbocycles. The maximum absolute atomic E-state index is 13.3. The van der Waals surface area contributed by atoms with E-state index < -0.39 is 17.6 Å². The molecule has 1 atom stereocenters. The molecule has 3 N–H and O–H groups in total. The number of rotatable bonds is 6. The molecule has 38 heavy (non-hydrogen) atoms. The Bertz CT molecular complexity index is 1510. The second-order valence-electron chi connectivity index (χ2n) is 9.37. The highest BCUT2D eigenvalue weighted by Gasteiger charge is 2.35. The number of nitrogens with zero attached hydrogens (tertiary/aromatic N) is 2. The second kappa shape index (κ2) is 10.3. The molecule has 8 nitrogen and oxygen atoms in total. The van der Waals surface area contributed by atoms with Gasteiger partial charge in [-0.15, -0.1) is 0 Å². The Morgan fingerprint density at radius 2 is 1.76 bits per heavy atom. The Labute approximate surface area is 218 Å². The van der Waals surface area contributed by atoms with Gasteiger partial charge in [0, 0.05) is 55.6 Å². The van der Waals surface area contributed by atoms with Crippen molar-refractivity contribution in [3.05, 3.63) is 95.6 Å². The van der Waals surface area contributed by atoms with Gasteiger partial charge in [0.25, 0.3) is 5.91 Å². The fourth-order valence-electron chi connectivity index (χ4n) is 4.65. The number of halogens is 1. The molecule has 1 aliphatic rings. The van der Waals surface area contributed by atoms with E-state index in [1.54, 1.807) is 32.4 Å². The van der Waals surface area contributed by atoms with Crippen LogP contribution < -0.4 is 10.6 Å². The maximum Gasteiger partial charge on any atom is 0.256 e. The summed E-state index contributed by atoms with van der Waals surface area (Å²) in [6.45, 7) is 0. The third-order valence-corrected chi connectivity index (χ3v) is 6.47. The minimum atomic E-state index is -0.441. The van der Waals surface area contributed by atoms with E-state index in [-0.39, 0.29) is 18.1 Å². The Hall–Kier alpha value is -4.79. The number of H-pyrrole nitrogens is 1. The third-order valence-electron chi connectivity index (χ3n) is 6.47. The minimum absolute atomic E-state index is 0.0904. The van der Waals surface area contributed by atoms with Crippen LogP contribution in [0.5, 0.6) is 0 Å². The number of anilines is 3. The highest BCUT2D eigenvalue weighted by Crippen LogP contribution is 2.40. The van der Waals surface area contributed by atoms with E-state index in [2.05, 4.69) is 20.6 Å². The summed E-state index contributed by atoms with van der Waals surface area (Å²) in [6.07, 6.45) is 2.09. The molecular weight excluding hydrogens is 485 g/mol. The summed E-state index contributed by atoms with van der Waals surface area (Å²) < 4.78 is 13.2. The van der Waals surface area contributed by atoms with E-state index in [4.69, 9.17) is 0 Å². The summed E-state index contributed by atoms with van der Waals surface area (Å²) in [6, 6.07) is 18.2. The van der Waals surface area contributed by atoms with Gasteiger partial charge in [-0.05, 0) is 48.5 Å². The van der Waals surface area contributed by atoms with Gasteiger partial charge >= 0.3 is 0 Å². The first-order valence-electron chi connectivity index (χ1n) is 12.1. The molecule has 0 radical (unpaired) electrons. The van der Waals surface area contributed by atoms with Gasteiger partial charge in [-0.1, -0.05) is 18.2 Å². The van der Waals surface area contributed by atoms with Crippen molar-refractivity contribution in [3.8, 4) is 11.3 Å². The molecule has 0 saturated heterocycles. The van der Waals surface area contributed by atoms with Crippen LogP contribution in [-0.2, 0) is 11.2 Å². The fraction of sp³-hybridized carbons (Fsp3) is 0.172. The van der Waals surface area contributed by atoms with Crippen molar-refractivity contribution < 1.29 is 18.8 Å². The van der Waals surface area contributed by atoms with Crippen LogP contribution in [0.25, 0.3) is 11.3 Å². The van der Waals surface area contributed by atoms with Crippen molar-refractivity contribution in [2.24, 2.45) is 5.92 Å². The number of hydrogen-bond donors (Lipinski definition) is 3. The fourth-order valence-corrected chi connectivity index (χ4v) is 4.65. The first-order valence-corrected chi connectivity index (χ1v) is 12.1. The van der Waals surface area contributed by atoms with Crippen LogP contribution in [0.4, 0.5) is 21.6 Å². The Balaban J connectivity index is 1.52. The molecule has 2 aromatic heterocycles.